The molecule has 0 spiro atoms. The maximum atomic E-state index is 13.4. The highest BCUT2D eigenvalue weighted by molar-refractivity contribution is 6.36. The molecule has 1 unspecified atom stereocenters. The van der Waals surface area contributed by atoms with Gasteiger partial charge in [0.2, 0.25) is 5.92 Å². The van der Waals surface area contributed by atoms with Crippen molar-refractivity contribution in [2.75, 3.05) is 13.1 Å². The van der Waals surface area contributed by atoms with Crippen LogP contribution in [0.15, 0.2) is 24.4 Å². The minimum Gasteiger partial charge on any atom is -0.352 e. The Bertz CT molecular complexity index is 961. The van der Waals surface area contributed by atoms with Crippen LogP contribution in [0.25, 0.3) is 10.9 Å². The SMILES string of the molecule is O=C(NCC1CCC(F)(F)CC1)c1cn(CC2CCCN2C2CC2)c2cccc(Cl)c12. The van der Waals surface area contributed by atoms with Crippen molar-refractivity contribution in [3.63, 3.8) is 0 Å². The lowest BCUT2D eigenvalue weighted by atomic mass is 9.87. The fourth-order valence-corrected chi connectivity index (χ4v) is 5.71. The van der Waals surface area contributed by atoms with E-state index < -0.39 is 5.92 Å². The third kappa shape index (κ3) is 4.47. The van der Waals surface area contributed by atoms with Gasteiger partial charge in [-0.3, -0.25) is 9.69 Å². The molecular formula is C24H30ClF2N3O. The van der Waals surface area contributed by atoms with Gasteiger partial charge in [-0.15, -0.1) is 0 Å². The Hall–Kier alpha value is -1.66. The minimum atomic E-state index is -2.55. The molecule has 2 saturated carbocycles. The van der Waals surface area contributed by atoms with Crippen LogP contribution in [0.1, 0.15) is 61.7 Å². The van der Waals surface area contributed by atoms with E-state index in [0.29, 0.717) is 36.0 Å². The molecule has 0 radical (unpaired) electrons. The second-order valence-corrected chi connectivity index (χ2v) is 10.0. The van der Waals surface area contributed by atoms with Gasteiger partial charge in [-0.2, -0.15) is 0 Å². The van der Waals surface area contributed by atoms with Crippen LogP contribution in [0.5, 0.6) is 0 Å². The summed E-state index contributed by atoms with van der Waals surface area (Å²) in [5.41, 5.74) is 1.57. The zero-order valence-corrected chi connectivity index (χ0v) is 18.5. The largest absolute Gasteiger partial charge is 0.352 e. The lowest BCUT2D eigenvalue weighted by Gasteiger charge is -2.28. The zero-order chi connectivity index (χ0) is 21.6. The number of hydrogen-bond acceptors (Lipinski definition) is 2. The average Bonchev–Trinajstić information content (AvgIpc) is 3.37. The molecule has 2 heterocycles. The third-order valence-electron chi connectivity index (χ3n) is 7.33. The molecule has 1 saturated heterocycles. The Morgan fingerprint density at radius 1 is 1.16 bits per heavy atom. The molecule has 0 bridgehead atoms. The molecule has 3 aliphatic rings. The Balaban J connectivity index is 1.33. The summed E-state index contributed by atoms with van der Waals surface area (Å²) in [7, 11) is 0. The summed E-state index contributed by atoms with van der Waals surface area (Å²) >= 11 is 6.52. The number of carbonyl (C=O) groups is 1. The van der Waals surface area contributed by atoms with Gasteiger partial charge in [0.15, 0.2) is 0 Å². The molecule has 1 amide bonds. The Labute approximate surface area is 186 Å². The summed E-state index contributed by atoms with van der Waals surface area (Å²) in [5.74, 6) is -2.60. The van der Waals surface area contributed by atoms with E-state index in [9.17, 15) is 13.6 Å². The molecule has 2 aliphatic carbocycles. The second-order valence-electron chi connectivity index (χ2n) is 9.60. The highest BCUT2D eigenvalue weighted by atomic mass is 35.5. The van der Waals surface area contributed by atoms with Crippen LogP contribution < -0.4 is 5.32 Å². The van der Waals surface area contributed by atoms with E-state index in [1.807, 2.05) is 24.4 Å². The Morgan fingerprint density at radius 3 is 2.68 bits per heavy atom. The van der Waals surface area contributed by atoms with Gasteiger partial charge in [0.1, 0.15) is 0 Å². The van der Waals surface area contributed by atoms with E-state index in [1.165, 1.54) is 32.2 Å². The van der Waals surface area contributed by atoms with Crippen molar-refractivity contribution in [3.8, 4) is 0 Å². The standard InChI is InChI=1S/C24H30ClF2N3O/c25-20-4-1-5-21-22(20)19(23(31)28-13-16-8-10-24(26,27)11-9-16)15-29(21)14-18-3-2-12-30(18)17-6-7-17/h1,4-5,15-18H,2-3,6-14H2,(H,28,31). The van der Waals surface area contributed by atoms with Crippen LogP contribution in [0.4, 0.5) is 8.78 Å². The number of aromatic nitrogens is 1. The summed E-state index contributed by atoms with van der Waals surface area (Å²) in [6.45, 7) is 2.46. The van der Waals surface area contributed by atoms with Crippen LogP contribution in [0, 0.1) is 5.92 Å². The lowest BCUT2D eigenvalue weighted by molar-refractivity contribution is -0.0452. The molecule has 1 atom stereocenters. The number of likely N-dealkylation sites (tertiary alicyclic amines) is 1. The summed E-state index contributed by atoms with van der Waals surface area (Å²) < 4.78 is 29.0. The third-order valence-corrected chi connectivity index (χ3v) is 7.65. The summed E-state index contributed by atoms with van der Waals surface area (Å²) in [4.78, 5) is 15.7. The van der Waals surface area contributed by atoms with E-state index in [4.69, 9.17) is 11.6 Å². The molecule has 5 rings (SSSR count). The smallest absolute Gasteiger partial charge is 0.253 e. The van der Waals surface area contributed by atoms with Crippen molar-refractivity contribution < 1.29 is 13.6 Å². The Morgan fingerprint density at radius 2 is 1.94 bits per heavy atom. The highest BCUT2D eigenvalue weighted by Crippen LogP contribution is 2.37. The molecule has 2 aromatic rings. The van der Waals surface area contributed by atoms with E-state index in [2.05, 4.69) is 14.8 Å². The molecule has 4 nitrogen and oxygen atoms in total. The minimum absolute atomic E-state index is 0.0858. The average molecular weight is 450 g/mol. The number of fused-ring (bicyclic) bond motifs is 1. The predicted octanol–water partition coefficient (Wildman–Crippen LogP) is 5.48. The first-order valence-corrected chi connectivity index (χ1v) is 12.0. The fourth-order valence-electron chi connectivity index (χ4n) is 5.44. The molecule has 3 fully saturated rings. The first-order chi connectivity index (χ1) is 14.9. The van der Waals surface area contributed by atoms with Gasteiger partial charge in [0.05, 0.1) is 16.1 Å². The van der Waals surface area contributed by atoms with Gasteiger partial charge in [-0.25, -0.2) is 8.78 Å². The highest BCUT2D eigenvalue weighted by Gasteiger charge is 2.37. The van der Waals surface area contributed by atoms with Crippen LogP contribution in [0.2, 0.25) is 5.02 Å². The lowest BCUT2D eigenvalue weighted by Crippen LogP contribution is -2.34. The molecular weight excluding hydrogens is 420 g/mol. The van der Waals surface area contributed by atoms with Crippen molar-refractivity contribution in [1.82, 2.24) is 14.8 Å². The van der Waals surface area contributed by atoms with Gasteiger partial charge in [-0.05, 0) is 63.1 Å². The number of nitrogens with one attached hydrogen (secondary N) is 1. The number of hydrogen-bond donors (Lipinski definition) is 1. The molecule has 1 aliphatic heterocycles. The quantitative estimate of drug-likeness (QED) is 0.634. The molecule has 168 valence electrons. The van der Waals surface area contributed by atoms with Crippen molar-refractivity contribution >= 4 is 28.4 Å². The van der Waals surface area contributed by atoms with Gasteiger partial charge >= 0.3 is 0 Å². The second kappa shape index (κ2) is 8.36. The first kappa shape index (κ1) is 21.2. The van der Waals surface area contributed by atoms with Crippen molar-refractivity contribution in [2.45, 2.75) is 75.9 Å². The molecule has 1 aromatic heterocycles. The first-order valence-electron chi connectivity index (χ1n) is 11.6. The topological polar surface area (TPSA) is 37.3 Å². The van der Waals surface area contributed by atoms with Crippen molar-refractivity contribution in [2.24, 2.45) is 5.92 Å². The van der Waals surface area contributed by atoms with E-state index in [-0.39, 0.29) is 24.7 Å². The maximum Gasteiger partial charge on any atom is 0.253 e. The van der Waals surface area contributed by atoms with Gasteiger partial charge < -0.3 is 9.88 Å². The van der Waals surface area contributed by atoms with Crippen molar-refractivity contribution in [3.05, 3.63) is 35.0 Å². The number of halogens is 3. The number of rotatable bonds is 6. The number of amides is 1. The number of benzene rings is 1. The zero-order valence-electron chi connectivity index (χ0n) is 17.8. The summed E-state index contributed by atoms with van der Waals surface area (Å²) in [6, 6.07) is 7.02. The van der Waals surface area contributed by atoms with Crippen LogP contribution in [0.3, 0.4) is 0 Å². The Kier molecular flexibility index (Phi) is 5.72. The van der Waals surface area contributed by atoms with E-state index in [1.54, 1.807) is 0 Å². The number of nitrogens with zero attached hydrogens (tertiary/aromatic N) is 2. The van der Waals surface area contributed by atoms with Gasteiger partial charge in [-0.1, -0.05) is 17.7 Å². The summed E-state index contributed by atoms with van der Waals surface area (Å²) in [6.07, 6.45) is 7.69. The van der Waals surface area contributed by atoms with Crippen LogP contribution in [-0.4, -0.2) is 46.5 Å². The van der Waals surface area contributed by atoms with Crippen molar-refractivity contribution in [1.29, 1.82) is 0 Å². The number of alkyl halides is 2. The monoisotopic (exact) mass is 449 g/mol. The molecule has 31 heavy (non-hydrogen) atoms. The van der Waals surface area contributed by atoms with Crippen LogP contribution >= 0.6 is 11.6 Å². The maximum absolute atomic E-state index is 13.4. The molecule has 1 aromatic carbocycles. The van der Waals surface area contributed by atoms with E-state index in [0.717, 1.165) is 23.5 Å². The fraction of sp³-hybridized carbons (Fsp3) is 0.625. The molecule has 7 heteroatoms. The van der Waals surface area contributed by atoms with Gasteiger partial charge in [0, 0.05) is 49.6 Å². The predicted molar refractivity (Wildman–Crippen MR) is 119 cm³/mol. The number of carbonyl (C=O) groups excluding carboxylic acids is 1. The normalized spacial score (nSPS) is 24.7. The molecule has 1 N–H and O–H groups in total. The summed E-state index contributed by atoms with van der Waals surface area (Å²) in [5, 5.41) is 4.35. The van der Waals surface area contributed by atoms with Gasteiger partial charge in [0.25, 0.3) is 5.91 Å². The van der Waals surface area contributed by atoms with Crippen LogP contribution in [-0.2, 0) is 6.54 Å². The van der Waals surface area contributed by atoms with E-state index >= 15 is 0 Å².